The van der Waals surface area contributed by atoms with E-state index >= 15 is 0 Å². The molecule has 6 heteroatoms. The van der Waals surface area contributed by atoms with Gasteiger partial charge in [0.1, 0.15) is 6.10 Å². The van der Waals surface area contributed by atoms with Crippen molar-refractivity contribution in [1.82, 2.24) is 0 Å². The molecule has 1 rings (SSSR count). The minimum absolute atomic E-state index is 0.0866. The van der Waals surface area contributed by atoms with Gasteiger partial charge in [0.05, 0.1) is 18.2 Å². The molecular formula is C12H12ClNO4. The molecule has 0 aliphatic carbocycles. The predicted octanol–water partition coefficient (Wildman–Crippen LogP) is 1.17. The highest BCUT2D eigenvalue weighted by molar-refractivity contribution is 6.30. The standard InChI is InChI=1S/C12H12ClNO4/c1-2-18-12(17)11(16)10(15)9-5-8(13)4-3-7(9)6-14/h3-5,10-11,15-16H,2H2,1H3. The van der Waals surface area contributed by atoms with Crippen molar-refractivity contribution in [2.75, 3.05) is 6.61 Å². The molecule has 5 nitrogen and oxygen atoms in total. The molecule has 0 bridgehead atoms. The number of carbonyl (C=O) groups is 1. The summed E-state index contributed by atoms with van der Waals surface area (Å²) in [5, 5.41) is 28.6. The van der Waals surface area contributed by atoms with Gasteiger partial charge in [-0.3, -0.25) is 0 Å². The number of esters is 1. The van der Waals surface area contributed by atoms with Gasteiger partial charge in [-0.1, -0.05) is 11.6 Å². The Morgan fingerprint density at radius 3 is 2.78 bits per heavy atom. The summed E-state index contributed by atoms with van der Waals surface area (Å²) in [5.74, 6) is -0.950. The number of hydrogen-bond acceptors (Lipinski definition) is 5. The van der Waals surface area contributed by atoms with Crippen LogP contribution in [-0.2, 0) is 9.53 Å². The van der Waals surface area contributed by atoms with E-state index in [2.05, 4.69) is 4.74 Å². The number of aliphatic hydroxyl groups excluding tert-OH is 2. The third-order valence-corrected chi connectivity index (χ3v) is 2.51. The summed E-state index contributed by atoms with van der Waals surface area (Å²) in [5.41, 5.74) is 0.223. The molecule has 0 heterocycles. The van der Waals surface area contributed by atoms with E-state index < -0.39 is 18.2 Å². The number of hydrogen-bond donors (Lipinski definition) is 2. The van der Waals surface area contributed by atoms with E-state index in [4.69, 9.17) is 16.9 Å². The van der Waals surface area contributed by atoms with E-state index in [-0.39, 0.29) is 17.7 Å². The fraction of sp³-hybridized carbons (Fsp3) is 0.333. The summed E-state index contributed by atoms with van der Waals surface area (Å²) in [4.78, 5) is 11.3. The van der Waals surface area contributed by atoms with Gasteiger partial charge in [0.2, 0.25) is 0 Å². The van der Waals surface area contributed by atoms with Crippen molar-refractivity contribution in [3.05, 3.63) is 34.3 Å². The molecule has 0 radical (unpaired) electrons. The van der Waals surface area contributed by atoms with Crippen LogP contribution < -0.4 is 0 Å². The SMILES string of the molecule is CCOC(=O)C(O)C(O)c1cc(Cl)ccc1C#N. The van der Waals surface area contributed by atoms with Gasteiger partial charge in [0.15, 0.2) is 6.10 Å². The first kappa shape index (κ1) is 14.5. The molecule has 0 aromatic heterocycles. The molecule has 2 N–H and O–H groups in total. The molecule has 96 valence electrons. The fourth-order valence-corrected chi connectivity index (χ4v) is 1.59. The lowest BCUT2D eigenvalue weighted by atomic mass is 9.99. The Morgan fingerprint density at radius 1 is 1.56 bits per heavy atom. The van der Waals surface area contributed by atoms with Crippen molar-refractivity contribution in [2.45, 2.75) is 19.1 Å². The first-order valence-corrected chi connectivity index (χ1v) is 5.61. The first-order valence-electron chi connectivity index (χ1n) is 5.23. The van der Waals surface area contributed by atoms with E-state index in [0.717, 1.165) is 0 Å². The van der Waals surface area contributed by atoms with Gasteiger partial charge in [-0.25, -0.2) is 4.79 Å². The molecule has 0 saturated heterocycles. The Bertz CT molecular complexity index is 483. The van der Waals surface area contributed by atoms with Crippen LogP contribution in [0.3, 0.4) is 0 Å². The Morgan fingerprint density at radius 2 is 2.22 bits per heavy atom. The molecule has 0 fully saturated rings. The average Bonchev–Trinajstić information content (AvgIpc) is 2.37. The molecule has 0 aliphatic heterocycles. The Hall–Kier alpha value is -1.61. The number of halogens is 1. The van der Waals surface area contributed by atoms with Crippen LogP contribution in [0.25, 0.3) is 0 Å². The number of ether oxygens (including phenoxy) is 1. The second-order valence-corrected chi connectivity index (χ2v) is 3.92. The van der Waals surface area contributed by atoms with Crippen LogP contribution in [-0.4, -0.2) is 28.9 Å². The van der Waals surface area contributed by atoms with Gasteiger partial charge in [-0.15, -0.1) is 0 Å². The van der Waals surface area contributed by atoms with Gasteiger partial charge in [0, 0.05) is 10.6 Å². The Balaban J connectivity index is 3.03. The highest BCUT2D eigenvalue weighted by Gasteiger charge is 2.28. The topological polar surface area (TPSA) is 90.6 Å². The third kappa shape index (κ3) is 3.20. The number of benzene rings is 1. The van der Waals surface area contributed by atoms with Crippen LogP contribution in [0, 0.1) is 11.3 Å². The van der Waals surface area contributed by atoms with Crippen LogP contribution >= 0.6 is 11.6 Å². The van der Waals surface area contributed by atoms with Crippen molar-refractivity contribution in [1.29, 1.82) is 5.26 Å². The zero-order chi connectivity index (χ0) is 13.7. The summed E-state index contributed by atoms with van der Waals surface area (Å²) < 4.78 is 4.59. The molecule has 0 saturated carbocycles. The minimum Gasteiger partial charge on any atom is -0.464 e. The summed E-state index contributed by atoms with van der Waals surface area (Å²) in [6, 6.07) is 6.06. The van der Waals surface area contributed by atoms with Gasteiger partial charge in [-0.2, -0.15) is 5.26 Å². The monoisotopic (exact) mass is 269 g/mol. The van der Waals surface area contributed by atoms with Crippen LogP contribution in [0.2, 0.25) is 5.02 Å². The van der Waals surface area contributed by atoms with Gasteiger partial charge in [0.25, 0.3) is 0 Å². The van der Waals surface area contributed by atoms with E-state index in [1.165, 1.54) is 18.2 Å². The van der Waals surface area contributed by atoms with Gasteiger partial charge in [-0.05, 0) is 25.1 Å². The number of carbonyl (C=O) groups excluding carboxylic acids is 1. The minimum atomic E-state index is -1.75. The number of nitrogens with zero attached hydrogens (tertiary/aromatic N) is 1. The first-order chi connectivity index (χ1) is 8.51. The summed E-state index contributed by atoms with van der Waals surface area (Å²) in [6.45, 7) is 1.67. The largest absolute Gasteiger partial charge is 0.464 e. The van der Waals surface area contributed by atoms with Gasteiger partial charge < -0.3 is 14.9 Å². The summed E-state index contributed by atoms with van der Waals surface area (Å²) in [7, 11) is 0. The Kier molecular flexibility index (Phi) is 5.10. The second kappa shape index (κ2) is 6.36. The average molecular weight is 270 g/mol. The van der Waals surface area contributed by atoms with Crippen molar-refractivity contribution in [3.63, 3.8) is 0 Å². The molecule has 0 amide bonds. The van der Waals surface area contributed by atoms with E-state index in [1.807, 2.05) is 6.07 Å². The number of nitriles is 1. The highest BCUT2D eigenvalue weighted by Crippen LogP contribution is 2.25. The maximum atomic E-state index is 11.3. The van der Waals surface area contributed by atoms with Crippen LogP contribution in [0.5, 0.6) is 0 Å². The van der Waals surface area contributed by atoms with Gasteiger partial charge >= 0.3 is 5.97 Å². The zero-order valence-electron chi connectivity index (χ0n) is 9.63. The van der Waals surface area contributed by atoms with Crippen molar-refractivity contribution in [2.24, 2.45) is 0 Å². The maximum Gasteiger partial charge on any atom is 0.338 e. The quantitative estimate of drug-likeness (QED) is 0.801. The normalized spacial score (nSPS) is 13.5. The summed E-state index contributed by atoms with van der Waals surface area (Å²) >= 11 is 5.74. The molecule has 2 unspecified atom stereocenters. The molecule has 1 aromatic rings. The highest BCUT2D eigenvalue weighted by atomic mass is 35.5. The lowest BCUT2D eigenvalue weighted by Gasteiger charge is -2.17. The lowest BCUT2D eigenvalue weighted by molar-refractivity contribution is -0.159. The lowest BCUT2D eigenvalue weighted by Crippen LogP contribution is -2.30. The Labute approximate surface area is 109 Å². The molecule has 18 heavy (non-hydrogen) atoms. The zero-order valence-corrected chi connectivity index (χ0v) is 10.4. The fourth-order valence-electron chi connectivity index (χ4n) is 1.41. The third-order valence-electron chi connectivity index (χ3n) is 2.28. The van der Waals surface area contributed by atoms with E-state index in [9.17, 15) is 15.0 Å². The molecule has 0 spiro atoms. The van der Waals surface area contributed by atoms with Crippen LogP contribution in [0.15, 0.2) is 18.2 Å². The number of rotatable bonds is 4. The van der Waals surface area contributed by atoms with Crippen LogP contribution in [0.4, 0.5) is 0 Å². The second-order valence-electron chi connectivity index (χ2n) is 3.49. The predicted molar refractivity (Wildman–Crippen MR) is 63.8 cm³/mol. The van der Waals surface area contributed by atoms with Crippen molar-refractivity contribution < 1.29 is 19.7 Å². The van der Waals surface area contributed by atoms with Crippen LogP contribution in [0.1, 0.15) is 24.2 Å². The summed E-state index contributed by atoms with van der Waals surface area (Å²) in [6.07, 6.45) is -3.31. The van der Waals surface area contributed by atoms with E-state index in [1.54, 1.807) is 6.92 Å². The van der Waals surface area contributed by atoms with Crippen molar-refractivity contribution >= 4 is 17.6 Å². The van der Waals surface area contributed by atoms with Crippen molar-refractivity contribution in [3.8, 4) is 6.07 Å². The van der Waals surface area contributed by atoms with E-state index in [0.29, 0.717) is 5.02 Å². The maximum absolute atomic E-state index is 11.3. The molecule has 1 aromatic carbocycles. The molecule has 2 atom stereocenters. The molecular weight excluding hydrogens is 258 g/mol. The number of aliphatic hydroxyl groups is 2. The molecule has 0 aliphatic rings. The smallest absolute Gasteiger partial charge is 0.338 e.